The van der Waals surface area contributed by atoms with Crippen molar-refractivity contribution in [1.29, 1.82) is 0 Å². The number of carbonyl (C=O) groups is 4. The van der Waals surface area contributed by atoms with Crippen molar-refractivity contribution in [1.82, 2.24) is 39.0 Å². The first-order valence-electron chi connectivity index (χ1n) is 18.2. The highest BCUT2D eigenvalue weighted by molar-refractivity contribution is 6.34. The number of piperidine rings is 1. The van der Waals surface area contributed by atoms with Crippen molar-refractivity contribution in [2.75, 3.05) is 44.6 Å². The van der Waals surface area contributed by atoms with Crippen LogP contribution in [0.4, 0.5) is 29.3 Å². The number of anilines is 1. The molecule has 2 fully saturated rings. The van der Waals surface area contributed by atoms with Crippen LogP contribution >= 0.6 is 11.6 Å². The molecule has 5 heterocycles. The quantitative estimate of drug-likeness (QED) is 0.178. The second-order valence-electron chi connectivity index (χ2n) is 15.0. The van der Waals surface area contributed by atoms with Gasteiger partial charge >= 0.3 is 12.3 Å². The lowest BCUT2D eigenvalue weighted by atomic mass is 9.95. The van der Waals surface area contributed by atoms with Crippen molar-refractivity contribution in [2.24, 2.45) is 13.0 Å². The molecule has 4 amide bonds. The minimum Gasteiger partial charge on any atom is -0.444 e. The van der Waals surface area contributed by atoms with E-state index >= 15 is 0 Å². The van der Waals surface area contributed by atoms with Gasteiger partial charge in [-0.05, 0) is 58.7 Å². The molecule has 0 aliphatic carbocycles. The smallest absolute Gasteiger partial charge is 0.435 e. The minimum absolute atomic E-state index is 0.0145. The highest BCUT2D eigenvalue weighted by atomic mass is 35.5. The maximum Gasteiger partial charge on any atom is 0.435 e. The monoisotopic (exact) mass is 828 g/mol. The van der Waals surface area contributed by atoms with E-state index in [0.717, 1.165) is 33.9 Å². The predicted octanol–water partition coefficient (Wildman–Crippen LogP) is 5.74. The molecule has 2 aliphatic heterocycles. The summed E-state index contributed by atoms with van der Waals surface area (Å²) in [6, 6.07) is 5.42. The first kappa shape index (κ1) is 41.6. The number of alkyl halides is 3. The number of imidazole rings is 1. The molecule has 2 saturated heterocycles. The maximum absolute atomic E-state index is 14.2. The average molecular weight is 829 g/mol. The topological polar surface area (TPSA) is 191 Å². The summed E-state index contributed by atoms with van der Waals surface area (Å²) in [6.07, 6.45) is -1.24. The number of hydrogen-bond donors (Lipinski definition) is 1. The van der Waals surface area contributed by atoms with Crippen LogP contribution < -0.4 is 5.32 Å². The molecular formula is C37H40ClF3N10O7. The summed E-state index contributed by atoms with van der Waals surface area (Å²) in [5.74, 6) is -1.71. The van der Waals surface area contributed by atoms with Gasteiger partial charge in [-0.2, -0.15) is 18.3 Å². The number of piperazine rings is 1. The van der Waals surface area contributed by atoms with E-state index in [2.05, 4.69) is 20.4 Å². The second kappa shape index (κ2) is 16.1. The number of halogens is 4. The summed E-state index contributed by atoms with van der Waals surface area (Å²) >= 11 is 6.51. The number of nitrogens with one attached hydrogen (secondary N) is 1. The largest absolute Gasteiger partial charge is 0.444 e. The van der Waals surface area contributed by atoms with Gasteiger partial charge in [-0.25, -0.2) is 19.4 Å². The molecule has 0 spiro atoms. The van der Waals surface area contributed by atoms with E-state index in [4.69, 9.17) is 16.3 Å². The Labute approximate surface area is 334 Å². The summed E-state index contributed by atoms with van der Waals surface area (Å²) in [6.45, 7) is 8.88. The van der Waals surface area contributed by atoms with E-state index in [1.165, 1.54) is 32.2 Å². The molecule has 3 aromatic heterocycles. The molecule has 0 saturated carbocycles. The van der Waals surface area contributed by atoms with E-state index in [1.807, 2.05) is 0 Å². The van der Waals surface area contributed by atoms with Gasteiger partial charge < -0.3 is 29.3 Å². The van der Waals surface area contributed by atoms with Crippen molar-refractivity contribution in [3.8, 4) is 17.1 Å². The zero-order valence-electron chi connectivity index (χ0n) is 32.2. The molecule has 1 aromatic carbocycles. The molecule has 0 atom stereocenters. The van der Waals surface area contributed by atoms with Crippen molar-refractivity contribution < 1.29 is 42.0 Å². The summed E-state index contributed by atoms with van der Waals surface area (Å²) in [7, 11) is 1.35. The molecule has 6 rings (SSSR count). The van der Waals surface area contributed by atoms with Crippen molar-refractivity contribution in [3.63, 3.8) is 0 Å². The Hall–Kier alpha value is -6.05. The number of likely N-dealkylation sites (tertiary alicyclic amines) is 1. The number of ether oxygens (including phenoxy) is 1. The summed E-state index contributed by atoms with van der Waals surface area (Å²) < 4.78 is 50.0. The van der Waals surface area contributed by atoms with Crippen LogP contribution in [0.5, 0.6) is 0 Å². The van der Waals surface area contributed by atoms with Crippen LogP contribution in [0.1, 0.15) is 65.8 Å². The molecule has 0 unspecified atom stereocenters. The lowest BCUT2D eigenvalue weighted by Crippen LogP contribution is -2.53. The zero-order chi connectivity index (χ0) is 42.3. The van der Waals surface area contributed by atoms with Crippen molar-refractivity contribution in [3.05, 3.63) is 80.6 Å². The molecule has 17 nitrogen and oxygen atoms in total. The minimum atomic E-state index is -4.92. The van der Waals surface area contributed by atoms with E-state index in [1.54, 1.807) is 35.5 Å². The van der Waals surface area contributed by atoms with E-state index in [0.29, 0.717) is 39.0 Å². The first-order chi connectivity index (χ1) is 27.2. The Morgan fingerprint density at radius 2 is 1.60 bits per heavy atom. The average Bonchev–Trinajstić information content (AvgIpc) is 3.78. The Morgan fingerprint density at radius 1 is 0.948 bits per heavy atom. The number of nitro groups is 1. The van der Waals surface area contributed by atoms with Crippen LogP contribution in [0.3, 0.4) is 0 Å². The molecule has 58 heavy (non-hydrogen) atoms. The Balaban J connectivity index is 1.07. The molecule has 4 aromatic rings. The van der Waals surface area contributed by atoms with Crippen molar-refractivity contribution >= 4 is 46.8 Å². The molecule has 0 bridgehead atoms. The van der Waals surface area contributed by atoms with Crippen LogP contribution in [-0.2, 0) is 22.8 Å². The number of nitrogens with zero attached hydrogens (tertiary/aromatic N) is 9. The Morgan fingerprint density at radius 3 is 2.19 bits per heavy atom. The van der Waals surface area contributed by atoms with Crippen LogP contribution in [0, 0.1) is 23.0 Å². The number of amides is 4. The van der Waals surface area contributed by atoms with Gasteiger partial charge in [0.15, 0.2) is 17.3 Å². The third-order valence-electron chi connectivity index (χ3n) is 9.75. The number of pyridine rings is 1. The molecule has 308 valence electrons. The summed E-state index contributed by atoms with van der Waals surface area (Å²) in [5.41, 5.74) is -2.21. The highest BCUT2D eigenvalue weighted by Crippen LogP contribution is 2.37. The highest BCUT2D eigenvalue weighted by Gasteiger charge is 2.39. The Bertz CT molecular complexity index is 2270. The van der Waals surface area contributed by atoms with Gasteiger partial charge in [0.1, 0.15) is 11.8 Å². The zero-order valence-corrected chi connectivity index (χ0v) is 32.9. The fourth-order valence-corrected chi connectivity index (χ4v) is 7.05. The number of aryl methyl sites for hydroxylation is 1. The van der Waals surface area contributed by atoms with Gasteiger partial charge in [0.25, 0.3) is 17.5 Å². The van der Waals surface area contributed by atoms with Gasteiger partial charge in [0.05, 0.1) is 33.0 Å². The number of carbonyl (C=O) groups excluding carboxylic acids is 4. The fraction of sp³-hybridized carbons (Fsp3) is 0.432. The molecule has 2 aliphatic rings. The number of aromatic nitrogens is 5. The molecule has 21 heteroatoms. The summed E-state index contributed by atoms with van der Waals surface area (Å²) in [4.78, 5) is 75.8. The van der Waals surface area contributed by atoms with Gasteiger partial charge in [-0.1, -0.05) is 11.6 Å². The lowest BCUT2D eigenvalue weighted by Gasteiger charge is -2.38. The number of hydrogen-bond acceptors (Lipinski definition) is 10. The van der Waals surface area contributed by atoms with E-state index in [-0.39, 0.29) is 75.7 Å². The van der Waals surface area contributed by atoms with E-state index in [9.17, 15) is 42.5 Å². The van der Waals surface area contributed by atoms with Crippen LogP contribution in [0.2, 0.25) is 5.02 Å². The van der Waals surface area contributed by atoms with Crippen LogP contribution in [0.25, 0.3) is 17.1 Å². The molecule has 1 N–H and O–H groups in total. The predicted molar refractivity (Wildman–Crippen MR) is 202 cm³/mol. The normalized spacial score (nSPS) is 15.4. The number of benzene rings is 1. The van der Waals surface area contributed by atoms with Crippen LogP contribution in [0.15, 0.2) is 42.9 Å². The number of rotatable bonds is 7. The summed E-state index contributed by atoms with van der Waals surface area (Å²) in [5, 5.41) is 17.4. The van der Waals surface area contributed by atoms with Gasteiger partial charge in [-0.3, -0.25) is 24.5 Å². The lowest BCUT2D eigenvalue weighted by molar-refractivity contribution is -0.385. The van der Waals surface area contributed by atoms with Gasteiger partial charge in [0, 0.05) is 75.7 Å². The Kier molecular flexibility index (Phi) is 11.5. The maximum atomic E-state index is 14.2. The second-order valence-corrected chi connectivity index (χ2v) is 15.4. The third-order valence-corrected chi connectivity index (χ3v) is 10.1. The van der Waals surface area contributed by atoms with E-state index < -0.39 is 40.0 Å². The first-order valence-corrected chi connectivity index (χ1v) is 18.6. The molecular weight excluding hydrogens is 789 g/mol. The fourth-order valence-electron chi connectivity index (χ4n) is 6.79. The third kappa shape index (κ3) is 8.90. The van der Waals surface area contributed by atoms with Crippen LogP contribution in [-0.4, -0.2) is 113 Å². The standard InChI is InChI=1S/C37H40ClF3N10O7/c1-21-16-24(51(56)57)18-42-30(21)50-20-26(29(45-50)37(39,40)41)28-19-43-31(46(28)5)32(52)44-23-6-7-25(27(38)17-23)34(54)48-14-12-47(13-15-48)33(53)22-8-10-49(11-9-22)35(55)58-36(2,3)4/h6-7,16-20,22H,8-15H2,1-5H3,(H,44,52). The van der Waals surface area contributed by atoms with Gasteiger partial charge in [-0.15, -0.1) is 0 Å². The van der Waals surface area contributed by atoms with Crippen molar-refractivity contribution in [2.45, 2.75) is 52.3 Å². The molecule has 0 radical (unpaired) electrons. The SMILES string of the molecule is Cc1cc([N+](=O)[O-])cnc1-n1cc(-c2cnc(C(=O)Nc3ccc(C(=O)N4CCN(C(=O)C5CCN(C(=O)OC(C)(C)C)CC5)CC4)c(Cl)c3)n2C)c(C(F)(F)F)n1. The van der Waals surface area contributed by atoms with Gasteiger partial charge in [0.2, 0.25) is 5.91 Å².